The molecule has 1 aromatic heterocycles. The number of nitrogens with one attached hydrogen (secondary N) is 1. The maximum Gasteiger partial charge on any atom is 0.153 e. The lowest BCUT2D eigenvalue weighted by Crippen LogP contribution is -1.81. The number of imidazole rings is 1. The van der Waals surface area contributed by atoms with Crippen molar-refractivity contribution in [2.45, 2.75) is 0 Å². The molecule has 0 saturated carbocycles. The summed E-state index contributed by atoms with van der Waals surface area (Å²) < 4.78 is 26.6. The number of aromatic amines is 1. The molecule has 0 amide bonds. The summed E-state index contributed by atoms with van der Waals surface area (Å²) in [5.74, 6) is -1.56. The van der Waals surface area contributed by atoms with Crippen LogP contribution in [0.2, 0.25) is 0 Å². The number of aromatic hydroxyl groups is 2. The Balaban J connectivity index is 2.23. The van der Waals surface area contributed by atoms with E-state index in [1.165, 1.54) is 12.1 Å². The van der Waals surface area contributed by atoms with Crippen LogP contribution in [0.25, 0.3) is 22.4 Å². The van der Waals surface area contributed by atoms with Crippen molar-refractivity contribution in [2.24, 2.45) is 0 Å². The van der Waals surface area contributed by atoms with Gasteiger partial charge in [0.2, 0.25) is 0 Å². The van der Waals surface area contributed by atoms with E-state index in [0.717, 1.165) is 18.2 Å². The van der Waals surface area contributed by atoms with Gasteiger partial charge in [-0.25, -0.2) is 13.8 Å². The van der Waals surface area contributed by atoms with Crippen molar-refractivity contribution >= 4 is 11.0 Å². The van der Waals surface area contributed by atoms with Gasteiger partial charge in [0.1, 0.15) is 28.7 Å². The molecule has 6 heteroatoms. The second-order valence-corrected chi connectivity index (χ2v) is 4.11. The molecule has 3 aromatic rings. The third kappa shape index (κ3) is 1.97. The molecule has 0 aliphatic rings. The van der Waals surface area contributed by atoms with Gasteiger partial charge in [0, 0.05) is 17.7 Å². The fourth-order valence-corrected chi connectivity index (χ4v) is 1.91. The molecule has 0 atom stereocenters. The van der Waals surface area contributed by atoms with E-state index in [9.17, 15) is 19.0 Å². The van der Waals surface area contributed by atoms with Crippen molar-refractivity contribution in [3.8, 4) is 22.9 Å². The Morgan fingerprint density at radius 3 is 2.32 bits per heavy atom. The lowest BCUT2D eigenvalue weighted by atomic mass is 10.2. The molecule has 0 unspecified atom stereocenters. The first kappa shape index (κ1) is 11.5. The van der Waals surface area contributed by atoms with Crippen LogP contribution in [0.3, 0.4) is 0 Å². The first-order valence-corrected chi connectivity index (χ1v) is 5.41. The van der Waals surface area contributed by atoms with Crippen LogP contribution in [-0.2, 0) is 0 Å². The van der Waals surface area contributed by atoms with Gasteiger partial charge < -0.3 is 15.2 Å². The van der Waals surface area contributed by atoms with Crippen molar-refractivity contribution in [3.63, 3.8) is 0 Å². The van der Waals surface area contributed by atoms with Crippen molar-refractivity contribution < 1.29 is 19.0 Å². The number of nitrogens with zero attached hydrogens (tertiary/aromatic N) is 1. The summed E-state index contributed by atoms with van der Waals surface area (Å²) in [6.45, 7) is 0. The summed E-state index contributed by atoms with van der Waals surface area (Å²) >= 11 is 0. The normalized spacial score (nSPS) is 11.1. The maximum absolute atomic E-state index is 13.5. The lowest BCUT2D eigenvalue weighted by Gasteiger charge is -1.99. The quantitative estimate of drug-likeness (QED) is 0.631. The Kier molecular flexibility index (Phi) is 2.38. The molecule has 0 aliphatic heterocycles. The zero-order chi connectivity index (χ0) is 13.6. The van der Waals surface area contributed by atoms with Crippen LogP contribution >= 0.6 is 0 Å². The fourth-order valence-electron chi connectivity index (χ4n) is 1.91. The first-order chi connectivity index (χ1) is 9.02. The highest BCUT2D eigenvalue weighted by atomic mass is 19.1. The highest BCUT2D eigenvalue weighted by molar-refractivity contribution is 5.80. The Morgan fingerprint density at radius 1 is 0.947 bits per heavy atom. The molecule has 1 heterocycles. The van der Waals surface area contributed by atoms with Gasteiger partial charge in [0.25, 0.3) is 0 Å². The monoisotopic (exact) mass is 262 g/mol. The van der Waals surface area contributed by atoms with Crippen molar-refractivity contribution in [1.82, 2.24) is 9.97 Å². The van der Waals surface area contributed by atoms with Gasteiger partial charge in [-0.05, 0) is 18.2 Å². The minimum Gasteiger partial charge on any atom is -0.508 e. The third-order valence-corrected chi connectivity index (χ3v) is 2.68. The summed E-state index contributed by atoms with van der Waals surface area (Å²) in [6, 6.07) is 5.73. The molecule has 3 N–H and O–H groups in total. The van der Waals surface area contributed by atoms with Gasteiger partial charge in [0.05, 0.1) is 5.52 Å². The number of phenolic OH excluding ortho intramolecular Hbond substituents is 2. The van der Waals surface area contributed by atoms with E-state index in [1.54, 1.807) is 0 Å². The summed E-state index contributed by atoms with van der Waals surface area (Å²) in [6.07, 6.45) is 0. The second-order valence-electron chi connectivity index (χ2n) is 4.11. The van der Waals surface area contributed by atoms with Crippen LogP contribution in [-0.4, -0.2) is 20.2 Å². The highest BCUT2D eigenvalue weighted by Gasteiger charge is 2.12. The number of hydrogen-bond acceptors (Lipinski definition) is 3. The predicted molar refractivity (Wildman–Crippen MR) is 64.8 cm³/mol. The SMILES string of the molecule is Oc1cc(O)cc(-c2nc3c(F)cc(F)cc3[nH]2)c1. The van der Waals surface area contributed by atoms with E-state index in [2.05, 4.69) is 9.97 Å². The van der Waals surface area contributed by atoms with Gasteiger partial charge >= 0.3 is 0 Å². The van der Waals surface area contributed by atoms with Crippen LogP contribution in [0.4, 0.5) is 8.78 Å². The van der Waals surface area contributed by atoms with E-state index >= 15 is 0 Å². The standard InChI is InChI=1S/C13H8F2N2O2/c14-7-3-10(15)12-11(4-7)16-13(17-12)6-1-8(18)5-9(19)2-6/h1-5,18-19H,(H,16,17). The van der Waals surface area contributed by atoms with Crippen molar-refractivity contribution in [3.05, 3.63) is 42.0 Å². The lowest BCUT2D eigenvalue weighted by molar-refractivity contribution is 0.451. The van der Waals surface area contributed by atoms with Gasteiger partial charge in [-0.15, -0.1) is 0 Å². The number of H-pyrrole nitrogens is 1. The Morgan fingerprint density at radius 2 is 1.63 bits per heavy atom. The average molecular weight is 262 g/mol. The number of phenols is 2. The number of aromatic nitrogens is 2. The van der Waals surface area contributed by atoms with E-state index in [-0.39, 0.29) is 28.4 Å². The van der Waals surface area contributed by atoms with Gasteiger partial charge in [-0.2, -0.15) is 0 Å². The van der Waals surface area contributed by atoms with Crippen molar-refractivity contribution in [1.29, 1.82) is 0 Å². The largest absolute Gasteiger partial charge is 0.508 e. The fraction of sp³-hybridized carbons (Fsp3) is 0. The van der Waals surface area contributed by atoms with Crippen LogP contribution in [0, 0.1) is 11.6 Å². The zero-order valence-corrected chi connectivity index (χ0v) is 9.48. The maximum atomic E-state index is 13.5. The smallest absolute Gasteiger partial charge is 0.153 e. The van der Waals surface area contributed by atoms with Gasteiger partial charge in [0.15, 0.2) is 5.82 Å². The van der Waals surface area contributed by atoms with E-state index < -0.39 is 11.6 Å². The topological polar surface area (TPSA) is 69.1 Å². The molecular weight excluding hydrogens is 254 g/mol. The number of halogens is 2. The average Bonchev–Trinajstić information content (AvgIpc) is 2.71. The van der Waals surface area contributed by atoms with Crippen LogP contribution in [0.15, 0.2) is 30.3 Å². The predicted octanol–water partition coefficient (Wildman–Crippen LogP) is 2.92. The summed E-state index contributed by atoms with van der Waals surface area (Å²) in [7, 11) is 0. The number of benzene rings is 2. The number of rotatable bonds is 1. The first-order valence-electron chi connectivity index (χ1n) is 5.41. The van der Waals surface area contributed by atoms with Crippen LogP contribution in [0.5, 0.6) is 11.5 Å². The zero-order valence-electron chi connectivity index (χ0n) is 9.48. The molecule has 96 valence electrons. The van der Waals surface area contributed by atoms with E-state index in [1.807, 2.05) is 0 Å². The molecule has 0 spiro atoms. The summed E-state index contributed by atoms with van der Waals surface area (Å²) in [5, 5.41) is 18.8. The highest BCUT2D eigenvalue weighted by Crippen LogP contribution is 2.29. The molecule has 0 fully saturated rings. The molecule has 2 aromatic carbocycles. The number of hydrogen-bond donors (Lipinski definition) is 3. The van der Waals surface area contributed by atoms with E-state index in [0.29, 0.717) is 5.56 Å². The molecular formula is C13H8F2N2O2. The van der Waals surface area contributed by atoms with Gasteiger partial charge in [-0.1, -0.05) is 0 Å². The third-order valence-electron chi connectivity index (χ3n) is 2.68. The Bertz CT molecular complexity index is 763. The number of fused-ring (bicyclic) bond motifs is 1. The minimum absolute atomic E-state index is 0.000711. The Hall–Kier alpha value is -2.63. The van der Waals surface area contributed by atoms with Crippen molar-refractivity contribution in [2.75, 3.05) is 0 Å². The molecule has 3 rings (SSSR count). The van der Waals surface area contributed by atoms with Gasteiger partial charge in [-0.3, -0.25) is 0 Å². The van der Waals surface area contributed by atoms with Crippen LogP contribution in [0.1, 0.15) is 0 Å². The molecule has 0 aliphatic carbocycles. The van der Waals surface area contributed by atoms with E-state index in [4.69, 9.17) is 0 Å². The van der Waals surface area contributed by atoms with Crippen LogP contribution < -0.4 is 0 Å². The summed E-state index contributed by atoms with van der Waals surface area (Å²) in [5.41, 5.74) is 0.572. The molecule has 0 bridgehead atoms. The molecule has 0 radical (unpaired) electrons. The molecule has 0 saturated heterocycles. The minimum atomic E-state index is -0.776. The molecule has 19 heavy (non-hydrogen) atoms. The Labute approximate surface area is 106 Å². The second kappa shape index (κ2) is 3.94. The molecule has 4 nitrogen and oxygen atoms in total. The summed E-state index contributed by atoms with van der Waals surface area (Å²) in [4.78, 5) is 6.72.